The highest BCUT2D eigenvalue weighted by Crippen LogP contribution is 2.32. The Morgan fingerprint density at radius 2 is 2.21 bits per heavy atom. The molecule has 1 aromatic heterocycles. The molecule has 1 aliphatic rings. The quantitative estimate of drug-likeness (QED) is 0.631. The van der Waals surface area contributed by atoms with Crippen molar-refractivity contribution in [3.63, 3.8) is 0 Å². The van der Waals surface area contributed by atoms with Gasteiger partial charge in [0.1, 0.15) is 11.5 Å². The first-order chi connectivity index (χ1) is 17.1. The molecular formula is C22H25ClF2N2O. The van der Waals surface area contributed by atoms with E-state index in [-0.39, 0.29) is 16.2 Å². The second-order valence-corrected chi connectivity index (χ2v) is 6.57. The van der Waals surface area contributed by atoms with Crippen LogP contribution in [0.3, 0.4) is 0 Å². The van der Waals surface area contributed by atoms with Crippen LogP contribution in [0.15, 0.2) is 36.5 Å². The van der Waals surface area contributed by atoms with Crippen molar-refractivity contribution < 1.29 is 27.3 Å². The van der Waals surface area contributed by atoms with Crippen LogP contribution in [-0.4, -0.2) is 34.5 Å². The second-order valence-electron chi connectivity index (χ2n) is 6.17. The number of aryl methyl sites for hydroxylation is 2. The Hall–Kier alpha value is -2.01. The molecule has 1 amide bonds. The average Bonchev–Trinajstić information content (AvgIpc) is 2.77. The molecule has 1 saturated heterocycles. The number of pyridine rings is 1. The third kappa shape index (κ3) is 5.07. The van der Waals surface area contributed by atoms with Gasteiger partial charge < -0.3 is 4.90 Å². The van der Waals surface area contributed by atoms with Gasteiger partial charge in [0.05, 0.1) is 5.02 Å². The predicted octanol–water partition coefficient (Wildman–Crippen LogP) is 5.40. The molecule has 0 bridgehead atoms. The molecule has 2 aromatic rings. The standard InChI is InChI=1S/C22H25ClF2N2O/c1-2-16-5-7-18(26-15-16)4-3-9-22(25)10-12-27(13-11-22)21(28)17-6-8-20(24)19(23)14-17/h5-8,14-15H,2-4,9-13H2,1H3/i2D2,4D2,10D2,12D2,13D2. The van der Waals surface area contributed by atoms with Crippen LogP contribution in [0.4, 0.5) is 8.78 Å². The molecule has 1 atom stereocenters. The van der Waals surface area contributed by atoms with Gasteiger partial charge in [0, 0.05) is 44.2 Å². The summed E-state index contributed by atoms with van der Waals surface area (Å²) in [5.41, 5.74) is -3.71. The number of carbonyl (C=O) groups is 1. The molecule has 1 unspecified atom stereocenters. The van der Waals surface area contributed by atoms with E-state index in [1.165, 1.54) is 19.1 Å². The first-order valence-corrected chi connectivity index (χ1v) is 8.90. The topological polar surface area (TPSA) is 33.2 Å². The highest BCUT2D eigenvalue weighted by atomic mass is 35.5. The van der Waals surface area contributed by atoms with Crippen molar-refractivity contribution in [2.24, 2.45) is 0 Å². The number of piperidine rings is 1. The smallest absolute Gasteiger partial charge is 0.253 e. The van der Waals surface area contributed by atoms with E-state index in [9.17, 15) is 9.18 Å². The molecule has 3 nitrogen and oxygen atoms in total. The monoisotopic (exact) mass is 416 g/mol. The second kappa shape index (κ2) is 8.99. The minimum absolute atomic E-state index is 0.0605. The number of hydrogen-bond acceptors (Lipinski definition) is 2. The summed E-state index contributed by atoms with van der Waals surface area (Å²) in [6.45, 7) is -5.33. The van der Waals surface area contributed by atoms with Gasteiger partial charge in [-0.1, -0.05) is 24.6 Å². The normalized spacial score (nSPS) is 31.4. The lowest BCUT2D eigenvalue weighted by Gasteiger charge is -2.36. The van der Waals surface area contributed by atoms with Gasteiger partial charge in [0.15, 0.2) is 0 Å². The Morgan fingerprint density at radius 1 is 1.39 bits per heavy atom. The number of amides is 1. The Kier molecular flexibility index (Phi) is 3.61. The van der Waals surface area contributed by atoms with Gasteiger partial charge in [0.25, 0.3) is 5.91 Å². The van der Waals surface area contributed by atoms with E-state index in [1.807, 2.05) is 0 Å². The summed E-state index contributed by atoms with van der Waals surface area (Å²) in [5.74, 6) is -2.26. The molecule has 0 N–H and O–H groups in total. The zero-order chi connectivity index (χ0) is 29.1. The van der Waals surface area contributed by atoms with Gasteiger partial charge in [-0.05, 0) is 68.2 Å². The maximum atomic E-state index is 16.3. The number of hydrogen-bond donors (Lipinski definition) is 0. The molecule has 2 heterocycles. The molecule has 3 rings (SSSR count). The van der Waals surface area contributed by atoms with Crippen LogP contribution in [0, 0.1) is 5.82 Å². The van der Waals surface area contributed by atoms with E-state index in [2.05, 4.69) is 4.98 Å². The Morgan fingerprint density at radius 3 is 2.89 bits per heavy atom. The van der Waals surface area contributed by atoms with E-state index in [4.69, 9.17) is 25.3 Å². The van der Waals surface area contributed by atoms with Crippen LogP contribution >= 0.6 is 11.6 Å². The van der Waals surface area contributed by atoms with E-state index in [0.29, 0.717) is 0 Å². The predicted molar refractivity (Wildman–Crippen MR) is 107 cm³/mol. The van der Waals surface area contributed by atoms with Gasteiger partial charge in [-0.3, -0.25) is 9.78 Å². The maximum Gasteiger partial charge on any atom is 0.253 e. The molecule has 0 aliphatic carbocycles. The highest BCUT2D eigenvalue weighted by molar-refractivity contribution is 6.31. The minimum atomic E-state index is -3.55. The maximum absolute atomic E-state index is 16.3. The first kappa shape index (κ1) is 11.2. The van der Waals surface area contributed by atoms with Crippen molar-refractivity contribution in [2.45, 2.75) is 51.0 Å². The van der Waals surface area contributed by atoms with Crippen LogP contribution in [0.25, 0.3) is 0 Å². The molecule has 1 aromatic carbocycles. The zero-order valence-corrected chi connectivity index (χ0v) is 15.8. The number of alkyl halides is 1. The van der Waals surface area contributed by atoms with Crippen molar-refractivity contribution >= 4 is 17.5 Å². The van der Waals surface area contributed by atoms with Gasteiger partial charge >= 0.3 is 0 Å². The molecular weight excluding hydrogens is 382 g/mol. The number of aromatic nitrogens is 1. The van der Waals surface area contributed by atoms with Gasteiger partial charge in [-0.25, -0.2) is 8.78 Å². The van der Waals surface area contributed by atoms with Crippen molar-refractivity contribution in [1.82, 2.24) is 9.88 Å². The zero-order valence-electron chi connectivity index (χ0n) is 25.0. The highest BCUT2D eigenvalue weighted by Gasteiger charge is 2.35. The Labute approximate surface area is 183 Å². The Bertz CT molecular complexity index is 1220. The fraction of sp³-hybridized carbons (Fsp3) is 0.455. The molecule has 1 aliphatic heterocycles. The number of likely N-dealkylation sites (tertiary alicyclic amines) is 1. The van der Waals surface area contributed by atoms with Gasteiger partial charge in [-0.15, -0.1) is 0 Å². The fourth-order valence-electron chi connectivity index (χ4n) is 2.51. The summed E-state index contributed by atoms with van der Waals surface area (Å²) in [4.78, 5) is 16.9. The number of benzene rings is 1. The van der Waals surface area contributed by atoms with E-state index in [1.54, 1.807) is 0 Å². The number of nitrogens with zero attached hydrogens (tertiary/aromatic N) is 2. The molecule has 0 spiro atoms. The van der Waals surface area contributed by atoms with E-state index < -0.39 is 79.4 Å². The Balaban J connectivity index is 1.92. The van der Waals surface area contributed by atoms with Crippen LogP contribution in [0.2, 0.25) is 5.02 Å². The van der Waals surface area contributed by atoms with E-state index >= 15 is 4.39 Å². The molecule has 1 fully saturated rings. The average molecular weight is 417 g/mol. The van der Waals surface area contributed by atoms with Gasteiger partial charge in [-0.2, -0.15) is 0 Å². The van der Waals surface area contributed by atoms with Crippen LogP contribution in [0.1, 0.15) is 67.9 Å². The SMILES string of the molecule is [2H]C([2H])(C)c1ccc(C([2H])([2H])CCC2(F)CC([2H])([2H])N(C(=O)c3ccc(F)c(Cl)c3)C([2H])([2H])C2([2H])[2H])nc1. The number of halogens is 3. The first-order valence-electron chi connectivity index (χ1n) is 13.5. The summed E-state index contributed by atoms with van der Waals surface area (Å²) in [6, 6.07) is 5.07. The van der Waals surface area contributed by atoms with Gasteiger partial charge in [0.2, 0.25) is 0 Å². The third-order valence-corrected chi connectivity index (χ3v) is 4.45. The van der Waals surface area contributed by atoms with Crippen molar-refractivity contribution in [3.05, 3.63) is 64.2 Å². The van der Waals surface area contributed by atoms with Crippen LogP contribution in [0.5, 0.6) is 0 Å². The fourth-order valence-corrected chi connectivity index (χ4v) is 2.69. The lowest BCUT2D eigenvalue weighted by Crippen LogP contribution is -2.44. The molecule has 0 radical (unpaired) electrons. The number of rotatable bonds is 6. The van der Waals surface area contributed by atoms with Crippen molar-refractivity contribution in [2.75, 3.05) is 13.0 Å². The molecule has 150 valence electrons. The summed E-state index contributed by atoms with van der Waals surface area (Å²) in [7, 11) is 0. The summed E-state index contributed by atoms with van der Waals surface area (Å²) < 4.78 is 112. The summed E-state index contributed by atoms with van der Waals surface area (Å²) in [6.07, 6.45) is -9.47. The minimum Gasteiger partial charge on any atom is -0.338 e. The summed E-state index contributed by atoms with van der Waals surface area (Å²) >= 11 is 5.68. The lowest BCUT2D eigenvalue weighted by atomic mass is 9.87. The van der Waals surface area contributed by atoms with E-state index in [0.717, 1.165) is 24.4 Å². The largest absolute Gasteiger partial charge is 0.338 e. The lowest BCUT2D eigenvalue weighted by molar-refractivity contribution is 0.0389. The van der Waals surface area contributed by atoms with Crippen LogP contribution in [-0.2, 0) is 12.7 Å². The van der Waals surface area contributed by atoms with Crippen molar-refractivity contribution in [3.8, 4) is 0 Å². The summed E-state index contributed by atoms with van der Waals surface area (Å²) in [5, 5.41) is -0.504. The van der Waals surface area contributed by atoms with Crippen molar-refractivity contribution in [1.29, 1.82) is 0 Å². The molecule has 28 heavy (non-hydrogen) atoms. The number of carbonyl (C=O) groups excluding carboxylic acids is 1. The molecule has 0 saturated carbocycles. The molecule has 6 heteroatoms. The van der Waals surface area contributed by atoms with Crippen LogP contribution < -0.4 is 0 Å². The third-order valence-electron chi connectivity index (χ3n) is 4.16.